The number of nitrogens with zero attached hydrogens (tertiary/aromatic N) is 1. The van der Waals surface area contributed by atoms with E-state index in [0.717, 1.165) is 10.8 Å². The third kappa shape index (κ3) is 4.32. The Kier molecular flexibility index (Phi) is 5.73. The number of hydrogen-bond donors (Lipinski definition) is 2. The zero-order chi connectivity index (χ0) is 21.0. The van der Waals surface area contributed by atoms with Crippen LogP contribution in [-0.4, -0.2) is 27.8 Å². The predicted octanol–water partition coefficient (Wildman–Crippen LogP) is 2.38. The van der Waals surface area contributed by atoms with Crippen molar-refractivity contribution >= 4 is 17.4 Å². The van der Waals surface area contributed by atoms with Gasteiger partial charge in [-0.05, 0) is 62.4 Å². The number of carbonyl (C=O) groups excluding carboxylic acids is 2. The maximum absolute atomic E-state index is 12.8. The number of carbonyl (C=O) groups is 2. The van der Waals surface area contributed by atoms with Crippen LogP contribution in [0.25, 0.3) is 5.69 Å². The number of hydrogen-bond acceptors (Lipinski definition) is 5. The van der Waals surface area contributed by atoms with Gasteiger partial charge in [-0.25, -0.2) is 9.36 Å². The molecule has 3 aromatic rings. The van der Waals surface area contributed by atoms with E-state index >= 15 is 0 Å². The van der Waals surface area contributed by atoms with E-state index in [0.29, 0.717) is 29.3 Å². The highest BCUT2D eigenvalue weighted by Gasteiger charge is 2.16. The first kappa shape index (κ1) is 19.8. The molecule has 1 aromatic heterocycles. The average molecular weight is 393 g/mol. The molecule has 0 bridgehead atoms. The summed E-state index contributed by atoms with van der Waals surface area (Å²) in [5.74, 6) is -0.174. The zero-order valence-electron chi connectivity index (χ0n) is 15.9. The monoisotopic (exact) mass is 393 g/mol. The standard InChI is InChI=1S/C21H19N3O5/c1-3-29-17-10-8-16(9-11-17)24-20(27)18(12-22-21(24)28)19(26)23-15-6-4-14(5-7-15)13(2)25/h4-12H,3H2,1-2H3,(H,22,28)(H,23,26). The minimum Gasteiger partial charge on any atom is -0.494 e. The fraction of sp³-hybridized carbons (Fsp3) is 0.143. The molecule has 0 aliphatic rings. The van der Waals surface area contributed by atoms with E-state index in [1.165, 1.54) is 6.92 Å². The number of aromatic nitrogens is 2. The van der Waals surface area contributed by atoms with Gasteiger partial charge >= 0.3 is 5.69 Å². The minimum atomic E-state index is -0.754. The van der Waals surface area contributed by atoms with E-state index in [-0.39, 0.29) is 11.3 Å². The van der Waals surface area contributed by atoms with Gasteiger partial charge in [0.1, 0.15) is 11.3 Å². The lowest BCUT2D eigenvalue weighted by Crippen LogP contribution is -2.38. The molecular formula is C21H19N3O5. The van der Waals surface area contributed by atoms with Gasteiger partial charge in [-0.1, -0.05) is 0 Å². The van der Waals surface area contributed by atoms with E-state index in [9.17, 15) is 19.2 Å². The third-order valence-corrected chi connectivity index (χ3v) is 4.18. The van der Waals surface area contributed by atoms with E-state index in [1.54, 1.807) is 48.5 Å². The summed E-state index contributed by atoms with van der Waals surface area (Å²) in [5, 5.41) is 2.58. The molecule has 8 nitrogen and oxygen atoms in total. The molecule has 1 heterocycles. The fourth-order valence-electron chi connectivity index (χ4n) is 2.71. The van der Waals surface area contributed by atoms with Crippen molar-refractivity contribution in [3.05, 3.63) is 86.7 Å². The number of amides is 1. The number of ketones is 1. The molecule has 29 heavy (non-hydrogen) atoms. The highest BCUT2D eigenvalue weighted by molar-refractivity contribution is 6.04. The van der Waals surface area contributed by atoms with Gasteiger partial charge in [-0.2, -0.15) is 0 Å². The van der Waals surface area contributed by atoms with Crippen LogP contribution in [0.1, 0.15) is 34.6 Å². The molecule has 148 valence electrons. The maximum Gasteiger partial charge on any atom is 0.333 e. The Bertz CT molecular complexity index is 1160. The van der Waals surface area contributed by atoms with Crippen molar-refractivity contribution in [2.24, 2.45) is 0 Å². The topological polar surface area (TPSA) is 110 Å². The lowest BCUT2D eigenvalue weighted by Gasteiger charge is -2.09. The normalized spacial score (nSPS) is 10.4. The Morgan fingerprint density at radius 1 is 1.03 bits per heavy atom. The molecule has 0 aliphatic heterocycles. The molecule has 0 saturated carbocycles. The van der Waals surface area contributed by atoms with Gasteiger partial charge in [0.05, 0.1) is 12.3 Å². The quantitative estimate of drug-likeness (QED) is 0.625. The predicted molar refractivity (Wildman–Crippen MR) is 108 cm³/mol. The third-order valence-electron chi connectivity index (χ3n) is 4.18. The number of aromatic amines is 1. The maximum atomic E-state index is 12.8. The number of anilines is 1. The Balaban J connectivity index is 1.91. The summed E-state index contributed by atoms with van der Waals surface area (Å²) >= 11 is 0. The summed E-state index contributed by atoms with van der Waals surface area (Å²) < 4.78 is 6.23. The first-order chi connectivity index (χ1) is 13.9. The van der Waals surface area contributed by atoms with Crippen molar-refractivity contribution in [2.75, 3.05) is 11.9 Å². The van der Waals surface area contributed by atoms with Crippen molar-refractivity contribution in [2.45, 2.75) is 13.8 Å². The molecule has 0 fully saturated rings. The molecular weight excluding hydrogens is 374 g/mol. The van der Waals surface area contributed by atoms with Crippen LogP contribution in [0.3, 0.4) is 0 Å². The lowest BCUT2D eigenvalue weighted by atomic mass is 10.1. The number of H-pyrrole nitrogens is 1. The van der Waals surface area contributed by atoms with Gasteiger partial charge < -0.3 is 15.0 Å². The molecule has 0 unspecified atom stereocenters. The Morgan fingerprint density at radius 2 is 1.69 bits per heavy atom. The summed E-state index contributed by atoms with van der Waals surface area (Å²) in [6.07, 6.45) is 1.08. The minimum absolute atomic E-state index is 0.0956. The second-order valence-corrected chi connectivity index (χ2v) is 6.16. The van der Waals surface area contributed by atoms with Gasteiger partial charge in [-0.15, -0.1) is 0 Å². The van der Waals surface area contributed by atoms with Crippen LogP contribution in [0.4, 0.5) is 5.69 Å². The first-order valence-corrected chi connectivity index (χ1v) is 8.91. The van der Waals surface area contributed by atoms with E-state index in [1.807, 2.05) is 6.92 Å². The van der Waals surface area contributed by atoms with Crippen LogP contribution in [0.15, 0.2) is 64.3 Å². The summed E-state index contributed by atoms with van der Waals surface area (Å²) in [4.78, 5) is 51.3. The Hall–Kier alpha value is -3.94. The largest absolute Gasteiger partial charge is 0.494 e. The second kappa shape index (κ2) is 8.39. The van der Waals surface area contributed by atoms with Gasteiger partial charge in [0.2, 0.25) is 0 Å². The summed E-state index contributed by atoms with van der Waals surface area (Å²) in [6, 6.07) is 12.7. The van der Waals surface area contributed by atoms with Gasteiger partial charge in [0, 0.05) is 17.4 Å². The van der Waals surface area contributed by atoms with Crippen molar-refractivity contribution in [1.29, 1.82) is 0 Å². The van der Waals surface area contributed by atoms with E-state index < -0.39 is 17.2 Å². The van der Waals surface area contributed by atoms with Crippen LogP contribution in [0.5, 0.6) is 5.75 Å². The molecule has 3 rings (SSSR count). The van der Waals surface area contributed by atoms with Crippen molar-refractivity contribution < 1.29 is 14.3 Å². The van der Waals surface area contributed by atoms with Crippen molar-refractivity contribution in [1.82, 2.24) is 9.55 Å². The van der Waals surface area contributed by atoms with Crippen LogP contribution in [0, 0.1) is 0 Å². The van der Waals surface area contributed by atoms with Gasteiger partial charge in [-0.3, -0.25) is 14.4 Å². The summed E-state index contributed by atoms with van der Waals surface area (Å²) in [6.45, 7) is 3.78. The molecule has 0 radical (unpaired) electrons. The SMILES string of the molecule is CCOc1ccc(-n2c(=O)[nH]cc(C(=O)Nc3ccc(C(C)=O)cc3)c2=O)cc1. The number of nitrogens with one attached hydrogen (secondary N) is 2. The highest BCUT2D eigenvalue weighted by Crippen LogP contribution is 2.14. The number of rotatable bonds is 6. The molecule has 2 aromatic carbocycles. The summed E-state index contributed by atoms with van der Waals surface area (Å²) in [7, 11) is 0. The fourth-order valence-corrected chi connectivity index (χ4v) is 2.71. The van der Waals surface area contributed by atoms with Gasteiger partial charge in [0.25, 0.3) is 11.5 Å². The first-order valence-electron chi connectivity index (χ1n) is 8.91. The average Bonchev–Trinajstić information content (AvgIpc) is 2.70. The number of ether oxygens (including phenoxy) is 1. The number of Topliss-reactive ketones (excluding diaryl/α,β-unsaturated/α-hetero) is 1. The zero-order valence-corrected chi connectivity index (χ0v) is 15.9. The molecule has 0 aliphatic carbocycles. The van der Waals surface area contributed by atoms with Crippen molar-refractivity contribution in [3.63, 3.8) is 0 Å². The van der Waals surface area contributed by atoms with Crippen LogP contribution < -0.4 is 21.3 Å². The van der Waals surface area contributed by atoms with Crippen LogP contribution in [0.2, 0.25) is 0 Å². The summed E-state index contributed by atoms with van der Waals surface area (Å²) in [5.41, 5.74) is -0.422. The van der Waals surface area contributed by atoms with E-state index in [2.05, 4.69) is 10.3 Å². The van der Waals surface area contributed by atoms with Crippen molar-refractivity contribution in [3.8, 4) is 11.4 Å². The Morgan fingerprint density at radius 3 is 2.28 bits per heavy atom. The van der Waals surface area contributed by atoms with E-state index in [4.69, 9.17) is 4.74 Å². The number of benzene rings is 2. The molecule has 0 spiro atoms. The molecule has 1 amide bonds. The lowest BCUT2D eigenvalue weighted by molar-refractivity contribution is 0.101. The molecule has 0 saturated heterocycles. The molecule has 8 heteroatoms. The smallest absolute Gasteiger partial charge is 0.333 e. The van der Waals surface area contributed by atoms with Crippen LogP contribution in [-0.2, 0) is 0 Å². The molecule has 0 atom stereocenters. The molecule has 2 N–H and O–H groups in total. The van der Waals surface area contributed by atoms with Crippen LogP contribution >= 0.6 is 0 Å². The second-order valence-electron chi connectivity index (χ2n) is 6.16. The highest BCUT2D eigenvalue weighted by atomic mass is 16.5. The Labute approximate surface area is 165 Å². The van der Waals surface area contributed by atoms with Gasteiger partial charge in [0.15, 0.2) is 5.78 Å².